The smallest absolute Gasteiger partial charge is 0.416 e. The monoisotopic (exact) mass is 566 g/mol. The molecule has 1 amide bonds. The minimum absolute atomic E-state index is 0.0934. The van der Waals surface area contributed by atoms with Crippen molar-refractivity contribution in [3.63, 3.8) is 0 Å². The molecule has 8 nitrogen and oxygen atoms in total. The molecular formula is C30H33F3N6O2. The number of nitrogens with zero attached hydrogens (tertiary/aromatic N) is 3. The van der Waals surface area contributed by atoms with Crippen LogP contribution in [0.4, 0.5) is 24.5 Å². The Morgan fingerprint density at radius 2 is 1.80 bits per heavy atom. The Morgan fingerprint density at radius 3 is 2.54 bits per heavy atom. The number of methoxy groups -OCH3 is 1. The molecule has 0 bridgehead atoms. The molecule has 11 heteroatoms. The zero-order valence-electron chi connectivity index (χ0n) is 23.0. The van der Waals surface area contributed by atoms with Crippen molar-refractivity contribution in [2.75, 3.05) is 50.5 Å². The van der Waals surface area contributed by atoms with Gasteiger partial charge in [0.15, 0.2) is 0 Å². The van der Waals surface area contributed by atoms with Crippen molar-refractivity contribution in [2.45, 2.75) is 26.2 Å². The van der Waals surface area contributed by atoms with Crippen LogP contribution in [-0.2, 0) is 19.3 Å². The molecule has 5 rings (SSSR count). The normalized spacial score (nSPS) is 14.8. The van der Waals surface area contributed by atoms with Crippen LogP contribution in [0.25, 0.3) is 11.0 Å². The highest BCUT2D eigenvalue weighted by Gasteiger charge is 2.34. The molecule has 3 N–H and O–H groups in total. The number of hydrogen-bond donors (Lipinski definition) is 3. The van der Waals surface area contributed by atoms with Crippen LogP contribution in [0.1, 0.15) is 34.0 Å². The lowest BCUT2D eigenvalue weighted by atomic mass is 10.0. The second-order valence-corrected chi connectivity index (χ2v) is 10.0. The van der Waals surface area contributed by atoms with E-state index in [9.17, 15) is 18.0 Å². The Hall–Kier alpha value is -4.09. The molecule has 0 spiro atoms. The molecule has 216 valence electrons. The van der Waals surface area contributed by atoms with E-state index in [1.807, 2.05) is 17.0 Å². The van der Waals surface area contributed by atoms with Gasteiger partial charge in [-0.25, -0.2) is 4.98 Å². The quantitative estimate of drug-likeness (QED) is 0.245. The molecule has 2 aromatic heterocycles. The molecular weight excluding hydrogens is 533 g/mol. The van der Waals surface area contributed by atoms with Crippen LogP contribution in [0.3, 0.4) is 0 Å². The number of piperazine rings is 1. The minimum atomic E-state index is -4.54. The van der Waals surface area contributed by atoms with Gasteiger partial charge in [0.2, 0.25) is 0 Å². The predicted molar refractivity (Wildman–Crippen MR) is 153 cm³/mol. The van der Waals surface area contributed by atoms with Gasteiger partial charge < -0.3 is 25.3 Å². The van der Waals surface area contributed by atoms with Crippen molar-refractivity contribution >= 4 is 28.3 Å². The molecule has 1 aliphatic rings. The maximum absolute atomic E-state index is 14.0. The van der Waals surface area contributed by atoms with Crippen molar-refractivity contribution in [3.05, 3.63) is 83.2 Å². The maximum Gasteiger partial charge on any atom is 0.416 e. The maximum atomic E-state index is 14.0. The summed E-state index contributed by atoms with van der Waals surface area (Å²) in [5.41, 5.74) is 2.11. The van der Waals surface area contributed by atoms with Crippen molar-refractivity contribution in [1.82, 2.24) is 19.8 Å². The number of anilines is 2. The number of rotatable bonds is 9. The Balaban J connectivity index is 1.27. The van der Waals surface area contributed by atoms with E-state index >= 15 is 0 Å². The topological polar surface area (TPSA) is 85.5 Å². The van der Waals surface area contributed by atoms with Gasteiger partial charge in [0.05, 0.1) is 18.1 Å². The molecule has 0 aliphatic carbocycles. The standard InChI is InChI=1S/C30H33F3N6O2/c1-3-38-11-13-39(14-12-38)19-21-7-8-24(16-26(21)30(31,32)33)37-29(40)20-5-4-6-23(15-20)35-17-22-18-36-28-25(9-10-34-28)27(22)41-2/h4-10,15-16,18,35H,3,11-14,17,19H2,1-2H3,(H,34,36)(H,37,40). The van der Waals surface area contributed by atoms with E-state index in [4.69, 9.17) is 4.74 Å². The number of pyridine rings is 1. The fourth-order valence-electron chi connectivity index (χ4n) is 5.12. The average molecular weight is 567 g/mol. The number of aromatic amines is 1. The summed E-state index contributed by atoms with van der Waals surface area (Å²) in [5.74, 6) is 0.197. The largest absolute Gasteiger partial charge is 0.496 e. The molecule has 1 saturated heterocycles. The third-order valence-electron chi connectivity index (χ3n) is 7.40. The van der Waals surface area contributed by atoms with Crippen molar-refractivity contribution < 1.29 is 22.7 Å². The Morgan fingerprint density at radius 1 is 1.02 bits per heavy atom. The summed E-state index contributed by atoms with van der Waals surface area (Å²) in [4.78, 5) is 24.8. The van der Waals surface area contributed by atoms with E-state index in [0.717, 1.165) is 55.4 Å². The molecule has 4 aromatic rings. The van der Waals surface area contributed by atoms with Crippen LogP contribution in [-0.4, -0.2) is 65.5 Å². The van der Waals surface area contributed by atoms with Crippen LogP contribution in [0.15, 0.2) is 60.9 Å². The highest BCUT2D eigenvalue weighted by atomic mass is 19.4. The van der Waals surface area contributed by atoms with Crippen LogP contribution < -0.4 is 15.4 Å². The predicted octanol–water partition coefficient (Wildman–Crippen LogP) is 5.59. The Bertz CT molecular complexity index is 1510. The van der Waals surface area contributed by atoms with Crippen LogP contribution >= 0.6 is 0 Å². The number of fused-ring (bicyclic) bond motifs is 1. The summed E-state index contributed by atoms with van der Waals surface area (Å²) in [6.45, 7) is 6.75. The lowest BCUT2D eigenvalue weighted by Gasteiger charge is -2.34. The van der Waals surface area contributed by atoms with E-state index in [1.165, 1.54) is 12.1 Å². The molecule has 3 heterocycles. The number of amides is 1. The zero-order valence-corrected chi connectivity index (χ0v) is 23.0. The molecule has 0 unspecified atom stereocenters. The molecule has 1 aliphatic heterocycles. The Labute approximate surface area is 236 Å². The first kappa shape index (κ1) is 28.4. The van der Waals surface area contributed by atoms with Crippen molar-refractivity contribution in [3.8, 4) is 5.75 Å². The lowest BCUT2D eigenvalue weighted by molar-refractivity contribution is -0.138. The van der Waals surface area contributed by atoms with Crippen molar-refractivity contribution in [1.29, 1.82) is 0 Å². The lowest BCUT2D eigenvalue weighted by Crippen LogP contribution is -2.45. The van der Waals surface area contributed by atoms with Gasteiger partial charge in [0.1, 0.15) is 11.4 Å². The second kappa shape index (κ2) is 12.2. The number of halogens is 3. The summed E-state index contributed by atoms with van der Waals surface area (Å²) in [6.07, 6.45) is -1.03. The van der Waals surface area contributed by atoms with Crippen molar-refractivity contribution in [2.24, 2.45) is 0 Å². The molecule has 0 atom stereocenters. The summed E-state index contributed by atoms with van der Waals surface area (Å²) < 4.78 is 47.6. The molecule has 0 saturated carbocycles. The number of nitrogens with one attached hydrogen (secondary N) is 3. The number of aromatic nitrogens is 2. The van der Waals surface area contributed by atoms with E-state index in [2.05, 4.69) is 32.4 Å². The minimum Gasteiger partial charge on any atom is -0.496 e. The highest BCUT2D eigenvalue weighted by molar-refractivity contribution is 6.04. The van der Waals surface area contributed by atoms with E-state index in [-0.39, 0.29) is 17.8 Å². The summed E-state index contributed by atoms with van der Waals surface area (Å²) in [7, 11) is 1.60. The molecule has 0 radical (unpaired) electrons. The second-order valence-electron chi connectivity index (χ2n) is 10.0. The first-order valence-electron chi connectivity index (χ1n) is 13.5. The number of ether oxygens (including phenoxy) is 1. The van der Waals surface area contributed by atoms with E-state index < -0.39 is 17.6 Å². The molecule has 1 fully saturated rings. The van der Waals surface area contributed by atoms with Crippen LogP contribution in [0, 0.1) is 0 Å². The summed E-state index contributed by atoms with van der Waals surface area (Å²) in [5, 5.41) is 6.76. The van der Waals surface area contributed by atoms with Gasteiger partial charge in [-0.05, 0) is 48.5 Å². The third kappa shape index (κ3) is 6.63. The van der Waals surface area contributed by atoms with Gasteiger partial charge in [-0.1, -0.05) is 19.1 Å². The first-order chi connectivity index (χ1) is 19.7. The fourth-order valence-corrected chi connectivity index (χ4v) is 5.12. The number of likely N-dealkylation sites (N-methyl/N-ethyl adjacent to an activating group) is 1. The van der Waals surface area contributed by atoms with Crippen LogP contribution in [0.2, 0.25) is 0 Å². The number of benzene rings is 2. The van der Waals surface area contributed by atoms with Gasteiger partial charge in [-0.3, -0.25) is 9.69 Å². The number of H-pyrrole nitrogens is 1. The van der Waals surface area contributed by atoms with Gasteiger partial charge in [0, 0.05) is 74.2 Å². The van der Waals surface area contributed by atoms with E-state index in [1.54, 1.807) is 37.7 Å². The summed E-state index contributed by atoms with van der Waals surface area (Å²) >= 11 is 0. The van der Waals surface area contributed by atoms with E-state index in [0.29, 0.717) is 23.5 Å². The summed E-state index contributed by atoms with van der Waals surface area (Å²) in [6, 6.07) is 12.7. The average Bonchev–Trinajstić information content (AvgIpc) is 3.45. The van der Waals surface area contributed by atoms with Gasteiger partial charge in [-0.15, -0.1) is 0 Å². The number of hydrogen-bond acceptors (Lipinski definition) is 6. The third-order valence-corrected chi connectivity index (χ3v) is 7.40. The molecule has 2 aromatic carbocycles. The Kier molecular flexibility index (Phi) is 8.46. The van der Waals surface area contributed by atoms with Crippen LogP contribution in [0.5, 0.6) is 5.75 Å². The number of alkyl halides is 3. The SMILES string of the molecule is CCN1CCN(Cc2ccc(NC(=O)c3cccc(NCc4cnc5[nH]ccc5c4OC)c3)cc2C(F)(F)F)CC1. The first-order valence-corrected chi connectivity index (χ1v) is 13.5. The fraction of sp³-hybridized carbons (Fsp3) is 0.333. The van der Waals surface area contributed by atoms with Gasteiger partial charge >= 0.3 is 6.18 Å². The number of carbonyl (C=O) groups is 1. The molecule has 41 heavy (non-hydrogen) atoms. The highest BCUT2D eigenvalue weighted by Crippen LogP contribution is 2.35. The van der Waals surface area contributed by atoms with Gasteiger partial charge in [-0.2, -0.15) is 13.2 Å². The van der Waals surface area contributed by atoms with Gasteiger partial charge in [0.25, 0.3) is 5.91 Å². The number of carbonyl (C=O) groups excluding carboxylic acids is 1. The zero-order chi connectivity index (χ0) is 29.0.